The number of hydrogen-bond acceptors (Lipinski definition) is 2. The van der Waals surface area contributed by atoms with Gasteiger partial charge in [-0.25, -0.2) is 8.78 Å². The summed E-state index contributed by atoms with van der Waals surface area (Å²) in [6.07, 6.45) is 2.02. The van der Waals surface area contributed by atoms with E-state index in [-0.39, 0.29) is 11.0 Å². The number of rotatable bonds is 5. The summed E-state index contributed by atoms with van der Waals surface area (Å²) in [6, 6.07) is 6.01. The van der Waals surface area contributed by atoms with E-state index in [1.54, 1.807) is 12.1 Å². The second-order valence-corrected chi connectivity index (χ2v) is 6.31. The SMILES string of the molecule is CCC1CCCC(CN)(C(O)c2ccc(C(F)F)cc2)C1. The zero-order valence-corrected chi connectivity index (χ0v) is 12.6. The number of hydrogen-bond donors (Lipinski definition) is 2. The predicted molar refractivity (Wildman–Crippen MR) is 80.1 cm³/mol. The topological polar surface area (TPSA) is 46.2 Å². The summed E-state index contributed by atoms with van der Waals surface area (Å²) in [5, 5.41) is 10.8. The van der Waals surface area contributed by atoms with Gasteiger partial charge in [-0.15, -0.1) is 0 Å². The minimum atomic E-state index is -2.47. The van der Waals surface area contributed by atoms with Crippen molar-refractivity contribution in [3.05, 3.63) is 35.4 Å². The molecule has 118 valence electrons. The first-order valence-corrected chi connectivity index (χ1v) is 7.78. The van der Waals surface area contributed by atoms with E-state index in [0.29, 0.717) is 18.0 Å². The van der Waals surface area contributed by atoms with Crippen LogP contribution in [-0.2, 0) is 0 Å². The van der Waals surface area contributed by atoms with Gasteiger partial charge in [0.25, 0.3) is 6.43 Å². The zero-order chi connectivity index (χ0) is 15.5. The van der Waals surface area contributed by atoms with Gasteiger partial charge >= 0.3 is 0 Å². The average molecular weight is 297 g/mol. The van der Waals surface area contributed by atoms with Crippen molar-refractivity contribution < 1.29 is 13.9 Å². The Bertz CT molecular complexity index is 449. The third kappa shape index (κ3) is 3.43. The number of alkyl halides is 2. The highest BCUT2D eigenvalue weighted by molar-refractivity contribution is 5.26. The normalized spacial score (nSPS) is 27.8. The maximum absolute atomic E-state index is 12.6. The molecule has 1 saturated carbocycles. The molecule has 1 aromatic carbocycles. The molecule has 0 amide bonds. The molecular formula is C17H25F2NO. The Morgan fingerprint density at radius 3 is 2.43 bits per heavy atom. The minimum absolute atomic E-state index is 0.0113. The van der Waals surface area contributed by atoms with Crippen LogP contribution in [0.1, 0.15) is 62.7 Å². The van der Waals surface area contributed by atoms with E-state index < -0.39 is 12.5 Å². The lowest BCUT2D eigenvalue weighted by Crippen LogP contribution is -2.41. The molecule has 3 atom stereocenters. The van der Waals surface area contributed by atoms with E-state index in [1.165, 1.54) is 18.6 Å². The molecule has 1 aliphatic rings. The highest BCUT2D eigenvalue weighted by Crippen LogP contribution is 2.48. The Morgan fingerprint density at radius 2 is 1.90 bits per heavy atom. The van der Waals surface area contributed by atoms with Gasteiger partial charge in [0.1, 0.15) is 0 Å². The van der Waals surface area contributed by atoms with Gasteiger partial charge in [-0.05, 0) is 24.3 Å². The van der Waals surface area contributed by atoms with Crippen LogP contribution in [0.5, 0.6) is 0 Å². The zero-order valence-electron chi connectivity index (χ0n) is 12.6. The summed E-state index contributed by atoms with van der Waals surface area (Å²) in [5.41, 5.74) is 6.36. The number of nitrogens with two attached hydrogens (primary N) is 1. The number of benzene rings is 1. The van der Waals surface area contributed by atoms with Crippen LogP contribution < -0.4 is 5.73 Å². The molecule has 21 heavy (non-hydrogen) atoms. The van der Waals surface area contributed by atoms with Crippen molar-refractivity contribution in [2.45, 2.75) is 51.6 Å². The molecule has 1 fully saturated rings. The van der Waals surface area contributed by atoms with Crippen LogP contribution in [0.15, 0.2) is 24.3 Å². The lowest BCUT2D eigenvalue weighted by atomic mass is 9.64. The van der Waals surface area contributed by atoms with Crippen molar-refractivity contribution in [3.63, 3.8) is 0 Å². The van der Waals surface area contributed by atoms with Gasteiger partial charge in [0.15, 0.2) is 0 Å². The number of halogens is 2. The molecule has 4 heteroatoms. The molecule has 0 aromatic heterocycles. The van der Waals surface area contributed by atoms with Gasteiger partial charge in [-0.2, -0.15) is 0 Å². The van der Waals surface area contributed by atoms with Gasteiger partial charge < -0.3 is 10.8 Å². The fourth-order valence-electron chi connectivity index (χ4n) is 3.59. The van der Waals surface area contributed by atoms with Crippen LogP contribution in [0.2, 0.25) is 0 Å². The largest absolute Gasteiger partial charge is 0.388 e. The Kier molecular flexibility index (Phi) is 5.33. The second-order valence-electron chi connectivity index (χ2n) is 6.31. The minimum Gasteiger partial charge on any atom is -0.388 e. The summed E-state index contributed by atoms with van der Waals surface area (Å²) >= 11 is 0. The molecule has 0 bridgehead atoms. The highest BCUT2D eigenvalue weighted by Gasteiger charge is 2.41. The van der Waals surface area contributed by atoms with E-state index in [4.69, 9.17) is 5.73 Å². The van der Waals surface area contributed by atoms with Gasteiger partial charge in [0.05, 0.1) is 6.10 Å². The van der Waals surface area contributed by atoms with Crippen molar-refractivity contribution in [2.24, 2.45) is 17.1 Å². The van der Waals surface area contributed by atoms with Crippen LogP contribution in [0.25, 0.3) is 0 Å². The quantitative estimate of drug-likeness (QED) is 0.855. The smallest absolute Gasteiger partial charge is 0.263 e. The van der Waals surface area contributed by atoms with Crippen molar-refractivity contribution in [3.8, 4) is 0 Å². The van der Waals surface area contributed by atoms with Crippen LogP contribution in [0.3, 0.4) is 0 Å². The highest BCUT2D eigenvalue weighted by atomic mass is 19.3. The first kappa shape index (κ1) is 16.4. The van der Waals surface area contributed by atoms with Crippen LogP contribution in [0, 0.1) is 11.3 Å². The molecule has 3 N–H and O–H groups in total. The average Bonchev–Trinajstić information content (AvgIpc) is 2.54. The van der Waals surface area contributed by atoms with E-state index in [9.17, 15) is 13.9 Å². The van der Waals surface area contributed by atoms with E-state index in [2.05, 4.69) is 6.92 Å². The van der Waals surface area contributed by atoms with Crippen molar-refractivity contribution in [1.82, 2.24) is 0 Å². The van der Waals surface area contributed by atoms with Crippen molar-refractivity contribution in [2.75, 3.05) is 6.54 Å². The molecule has 0 radical (unpaired) electrons. The second kappa shape index (κ2) is 6.84. The Labute approximate surface area is 125 Å². The van der Waals surface area contributed by atoms with Gasteiger partial charge in [0.2, 0.25) is 0 Å². The van der Waals surface area contributed by atoms with Crippen LogP contribution >= 0.6 is 0 Å². The molecule has 0 heterocycles. The molecule has 2 nitrogen and oxygen atoms in total. The molecule has 0 spiro atoms. The summed E-state index contributed by atoms with van der Waals surface area (Å²) in [5.74, 6) is 0.595. The monoisotopic (exact) mass is 297 g/mol. The third-order valence-electron chi connectivity index (χ3n) is 5.05. The molecule has 0 aliphatic heterocycles. The third-order valence-corrected chi connectivity index (χ3v) is 5.05. The summed E-state index contributed by atoms with van der Waals surface area (Å²) < 4.78 is 25.2. The van der Waals surface area contributed by atoms with Crippen LogP contribution in [0.4, 0.5) is 8.78 Å². The molecule has 1 aliphatic carbocycles. The number of aliphatic hydroxyl groups is 1. The maximum Gasteiger partial charge on any atom is 0.263 e. The van der Waals surface area contributed by atoms with Gasteiger partial charge in [0, 0.05) is 17.5 Å². The molecule has 0 saturated heterocycles. The summed E-state index contributed by atoms with van der Waals surface area (Å²) in [7, 11) is 0. The predicted octanol–water partition coefficient (Wildman–Crippen LogP) is 4.20. The van der Waals surface area contributed by atoms with Crippen molar-refractivity contribution >= 4 is 0 Å². The van der Waals surface area contributed by atoms with E-state index in [1.807, 2.05) is 0 Å². The Balaban J connectivity index is 2.20. The molecule has 2 rings (SSSR count). The number of aliphatic hydroxyl groups excluding tert-OH is 1. The van der Waals surface area contributed by atoms with E-state index in [0.717, 1.165) is 25.7 Å². The Morgan fingerprint density at radius 1 is 1.29 bits per heavy atom. The lowest BCUT2D eigenvalue weighted by Gasteiger charge is -2.43. The van der Waals surface area contributed by atoms with Crippen molar-refractivity contribution in [1.29, 1.82) is 0 Å². The van der Waals surface area contributed by atoms with Gasteiger partial charge in [-0.3, -0.25) is 0 Å². The van der Waals surface area contributed by atoms with Gasteiger partial charge in [-0.1, -0.05) is 50.5 Å². The molecular weight excluding hydrogens is 272 g/mol. The summed E-state index contributed by atoms with van der Waals surface area (Å²) in [6.45, 7) is 2.60. The first-order chi connectivity index (χ1) is 10.0. The van der Waals surface area contributed by atoms with E-state index >= 15 is 0 Å². The van der Waals surface area contributed by atoms with Crippen LogP contribution in [-0.4, -0.2) is 11.7 Å². The summed E-state index contributed by atoms with van der Waals surface area (Å²) in [4.78, 5) is 0. The standard InChI is InChI=1S/C17H25F2NO/c1-2-12-4-3-9-17(10-12,11-20)15(21)13-5-7-14(8-6-13)16(18)19/h5-8,12,15-16,21H,2-4,9-11,20H2,1H3. The fourth-order valence-corrected chi connectivity index (χ4v) is 3.59. The fraction of sp³-hybridized carbons (Fsp3) is 0.647. The molecule has 3 unspecified atom stereocenters. The first-order valence-electron chi connectivity index (χ1n) is 7.78. The molecule has 1 aromatic rings. The lowest BCUT2D eigenvalue weighted by molar-refractivity contribution is -0.0162. The maximum atomic E-state index is 12.6. The Hall–Kier alpha value is -1.00.